The first-order valence-corrected chi connectivity index (χ1v) is 8.79. The maximum Gasteiger partial charge on any atom is 0.208 e. The molecule has 0 radical (unpaired) electrons. The Morgan fingerprint density at radius 3 is 3.00 bits per heavy atom. The number of thiophene rings is 1. The second-order valence-corrected chi connectivity index (χ2v) is 7.17. The molecule has 6 nitrogen and oxygen atoms in total. The summed E-state index contributed by atoms with van der Waals surface area (Å²) in [5.74, 6) is 0.791. The second kappa shape index (κ2) is 5.95. The van der Waals surface area contributed by atoms with Crippen molar-refractivity contribution in [3.05, 3.63) is 22.3 Å². The highest BCUT2D eigenvalue weighted by Crippen LogP contribution is 2.22. The lowest BCUT2D eigenvalue weighted by Crippen LogP contribution is -2.23. The molecule has 2 rings (SSSR count). The van der Waals surface area contributed by atoms with E-state index in [0.717, 1.165) is 17.0 Å². The van der Waals surface area contributed by atoms with Crippen molar-refractivity contribution in [1.82, 2.24) is 19.5 Å². The minimum absolute atomic E-state index is 0.385. The molecule has 0 bridgehead atoms. The monoisotopic (exact) mass is 318 g/mol. The molecule has 0 aliphatic rings. The van der Waals surface area contributed by atoms with Crippen LogP contribution in [0.3, 0.4) is 0 Å². The maximum absolute atomic E-state index is 11.0. The number of hydrogen-bond donors (Lipinski definition) is 2. The molecule has 19 heavy (non-hydrogen) atoms. The van der Waals surface area contributed by atoms with E-state index in [2.05, 4.69) is 14.9 Å². The van der Waals surface area contributed by atoms with Gasteiger partial charge in [0.2, 0.25) is 10.0 Å². The highest BCUT2D eigenvalue weighted by atomic mass is 32.2. The summed E-state index contributed by atoms with van der Waals surface area (Å²) in [6.45, 7) is 1.00. The van der Waals surface area contributed by atoms with Crippen molar-refractivity contribution in [1.29, 1.82) is 0 Å². The number of H-pyrrole nitrogens is 1. The number of aromatic nitrogens is 3. The fraction of sp³-hybridized carbons (Fsp3) is 0.400. The topological polar surface area (TPSA) is 79.8 Å². The minimum atomic E-state index is -3.14. The molecule has 104 valence electrons. The predicted molar refractivity (Wildman–Crippen MR) is 78.2 cm³/mol. The number of nitrogens with zero attached hydrogens (tertiary/aromatic N) is 2. The summed E-state index contributed by atoms with van der Waals surface area (Å²) in [4.78, 5) is 1.03. The molecule has 0 aliphatic carbocycles. The first-order chi connectivity index (χ1) is 8.97. The van der Waals surface area contributed by atoms with Crippen molar-refractivity contribution in [2.45, 2.75) is 13.0 Å². The van der Waals surface area contributed by atoms with E-state index < -0.39 is 10.0 Å². The molecule has 0 saturated carbocycles. The summed E-state index contributed by atoms with van der Waals surface area (Å²) in [5.41, 5.74) is 0. The zero-order valence-electron chi connectivity index (χ0n) is 10.3. The molecule has 0 aliphatic heterocycles. The van der Waals surface area contributed by atoms with Crippen molar-refractivity contribution in [3.63, 3.8) is 0 Å². The third-order valence-electron chi connectivity index (χ3n) is 2.42. The lowest BCUT2D eigenvalue weighted by molar-refractivity contribution is 0.575. The quantitative estimate of drug-likeness (QED) is 0.626. The predicted octanol–water partition coefficient (Wildman–Crippen LogP) is 1.61. The van der Waals surface area contributed by atoms with Gasteiger partial charge in [-0.3, -0.25) is 9.67 Å². The molecule has 0 atom stereocenters. The van der Waals surface area contributed by atoms with Gasteiger partial charge in [0, 0.05) is 13.1 Å². The molecule has 9 heteroatoms. The van der Waals surface area contributed by atoms with E-state index in [1.165, 1.54) is 0 Å². The van der Waals surface area contributed by atoms with E-state index in [-0.39, 0.29) is 0 Å². The average Bonchev–Trinajstić information content (AvgIpc) is 2.93. The van der Waals surface area contributed by atoms with Gasteiger partial charge in [0.25, 0.3) is 0 Å². The molecule has 2 aromatic heterocycles. The summed E-state index contributed by atoms with van der Waals surface area (Å²) >= 11 is 6.77. The fourth-order valence-corrected chi connectivity index (χ4v) is 3.07. The van der Waals surface area contributed by atoms with Gasteiger partial charge in [0.1, 0.15) is 0 Å². The van der Waals surface area contributed by atoms with Crippen LogP contribution in [0.1, 0.15) is 6.42 Å². The molecular formula is C10H14N4O2S3. The van der Waals surface area contributed by atoms with Gasteiger partial charge in [0.05, 0.1) is 11.1 Å². The standard InChI is InChI=1S/C10H14N4O2S3/c1-19(15,16)11-5-3-6-14-9(12-13-10(14)17)8-4-2-7-18-8/h2,4,7,11H,3,5-6H2,1H3,(H,13,17). The Kier molecular flexibility index (Phi) is 4.50. The molecule has 0 spiro atoms. The Morgan fingerprint density at radius 1 is 1.58 bits per heavy atom. The van der Waals surface area contributed by atoms with Gasteiger partial charge in [-0.15, -0.1) is 11.3 Å². The van der Waals surface area contributed by atoms with Crippen LogP contribution in [0.5, 0.6) is 0 Å². The van der Waals surface area contributed by atoms with Gasteiger partial charge < -0.3 is 0 Å². The van der Waals surface area contributed by atoms with Crippen LogP contribution in [0.2, 0.25) is 0 Å². The minimum Gasteiger partial charge on any atom is -0.299 e. The van der Waals surface area contributed by atoms with Crippen LogP contribution in [0, 0.1) is 4.77 Å². The second-order valence-electron chi connectivity index (χ2n) is 4.00. The lowest BCUT2D eigenvalue weighted by Gasteiger charge is -2.06. The molecule has 0 saturated heterocycles. The largest absolute Gasteiger partial charge is 0.299 e. The molecule has 2 N–H and O–H groups in total. The normalized spacial score (nSPS) is 11.8. The number of aromatic amines is 1. The number of rotatable bonds is 6. The van der Waals surface area contributed by atoms with E-state index in [1.54, 1.807) is 11.3 Å². The van der Waals surface area contributed by atoms with E-state index >= 15 is 0 Å². The van der Waals surface area contributed by atoms with E-state index in [1.807, 2.05) is 22.1 Å². The molecule has 0 fully saturated rings. The van der Waals surface area contributed by atoms with Crippen molar-refractivity contribution < 1.29 is 8.42 Å². The average molecular weight is 318 g/mol. The first-order valence-electron chi connectivity index (χ1n) is 5.61. The van der Waals surface area contributed by atoms with E-state index in [9.17, 15) is 8.42 Å². The SMILES string of the molecule is CS(=O)(=O)NCCCn1c(-c2cccs2)n[nH]c1=S. The van der Waals surface area contributed by atoms with E-state index in [0.29, 0.717) is 24.3 Å². The fourth-order valence-electron chi connectivity index (χ4n) is 1.61. The number of sulfonamides is 1. The van der Waals surface area contributed by atoms with Crippen molar-refractivity contribution in [2.75, 3.05) is 12.8 Å². The van der Waals surface area contributed by atoms with Crippen LogP contribution in [0.15, 0.2) is 17.5 Å². The molecular weight excluding hydrogens is 304 g/mol. The third-order valence-corrected chi connectivity index (χ3v) is 4.33. The van der Waals surface area contributed by atoms with Gasteiger partial charge in [-0.1, -0.05) is 6.07 Å². The van der Waals surface area contributed by atoms with Crippen molar-refractivity contribution in [2.24, 2.45) is 0 Å². The Balaban J connectivity index is 2.05. The molecule has 2 aromatic rings. The molecule has 2 heterocycles. The van der Waals surface area contributed by atoms with Gasteiger partial charge in [-0.05, 0) is 30.1 Å². The van der Waals surface area contributed by atoms with Crippen molar-refractivity contribution >= 4 is 33.6 Å². The molecule has 0 amide bonds. The zero-order valence-corrected chi connectivity index (χ0v) is 12.7. The van der Waals surface area contributed by atoms with Crippen LogP contribution in [0.4, 0.5) is 0 Å². The Hall–Kier alpha value is -1.03. The summed E-state index contributed by atoms with van der Waals surface area (Å²) in [5, 5.41) is 8.94. The Bertz CT molecular complexity index is 685. The number of hydrogen-bond acceptors (Lipinski definition) is 5. The first kappa shape index (κ1) is 14.4. The van der Waals surface area contributed by atoms with Crippen LogP contribution in [0.25, 0.3) is 10.7 Å². The highest BCUT2D eigenvalue weighted by molar-refractivity contribution is 7.88. The Morgan fingerprint density at radius 2 is 2.37 bits per heavy atom. The van der Waals surface area contributed by atoms with Gasteiger partial charge in [-0.2, -0.15) is 5.10 Å². The van der Waals surface area contributed by atoms with Crippen LogP contribution < -0.4 is 4.72 Å². The van der Waals surface area contributed by atoms with E-state index in [4.69, 9.17) is 12.2 Å². The van der Waals surface area contributed by atoms with Crippen molar-refractivity contribution in [3.8, 4) is 10.7 Å². The molecule has 0 unspecified atom stereocenters. The van der Waals surface area contributed by atoms with Gasteiger partial charge in [-0.25, -0.2) is 13.1 Å². The third kappa shape index (κ3) is 3.96. The lowest BCUT2D eigenvalue weighted by atomic mass is 10.4. The zero-order chi connectivity index (χ0) is 13.9. The molecule has 0 aromatic carbocycles. The summed E-state index contributed by atoms with van der Waals surface area (Å²) < 4.78 is 26.8. The van der Waals surface area contributed by atoms with Gasteiger partial charge >= 0.3 is 0 Å². The Labute approximate surface area is 120 Å². The maximum atomic E-state index is 11.0. The summed E-state index contributed by atoms with van der Waals surface area (Å²) in [7, 11) is -3.14. The summed E-state index contributed by atoms with van der Waals surface area (Å²) in [6, 6.07) is 3.92. The van der Waals surface area contributed by atoms with Gasteiger partial charge in [0.15, 0.2) is 10.6 Å². The smallest absolute Gasteiger partial charge is 0.208 e. The summed E-state index contributed by atoms with van der Waals surface area (Å²) in [6.07, 6.45) is 1.80. The van der Waals surface area contributed by atoms with Crippen LogP contribution in [-0.4, -0.2) is 36.0 Å². The van der Waals surface area contributed by atoms with Crippen LogP contribution >= 0.6 is 23.6 Å². The highest BCUT2D eigenvalue weighted by Gasteiger charge is 2.09. The number of nitrogens with one attached hydrogen (secondary N) is 2. The van der Waals surface area contributed by atoms with Crippen LogP contribution in [-0.2, 0) is 16.6 Å².